The molecule has 0 aromatic heterocycles. The summed E-state index contributed by atoms with van der Waals surface area (Å²) in [7, 11) is 1.85. The van der Waals surface area contributed by atoms with Gasteiger partial charge in [0.15, 0.2) is 0 Å². The molecule has 282 valence electrons. The number of ether oxygens (including phenoxy) is 1. The van der Waals surface area contributed by atoms with E-state index in [0.717, 1.165) is 49.5 Å². The molecule has 0 aromatic rings. The van der Waals surface area contributed by atoms with Gasteiger partial charge in [0.2, 0.25) is 0 Å². The number of hydrogen-bond donors (Lipinski definition) is 6. The molecule has 9 heteroatoms. The van der Waals surface area contributed by atoms with Crippen LogP contribution in [0.25, 0.3) is 0 Å². The number of esters is 1. The third kappa shape index (κ3) is 4.10. The number of aldehydes is 1. The second-order valence-electron chi connectivity index (χ2n) is 19.6. The minimum absolute atomic E-state index is 0.147. The Kier molecular flexibility index (Phi) is 7.88. The van der Waals surface area contributed by atoms with Crippen LogP contribution in [0.2, 0.25) is 0 Å². The van der Waals surface area contributed by atoms with Crippen LogP contribution in [0.3, 0.4) is 0 Å². The first-order chi connectivity index (χ1) is 24.3. The van der Waals surface area contributed by atoms with Gasteiger partial charge in [0.05, 0.1) is 23.2 Å². The van der Waals surface area contributed by atoms with Gasteiger partial charge in [-0.2, -0.15) is 0 Å². The summed E-state index contributed by atoms with van der Waals surface area (Å²) in [5, 5.41) is 69.7. The molecule has 7 fully saturated rings. The Balaban J connectivity index is 1.22. The Hall–Kier alpha value is -1.62. The average Bonchev–Trinajstić information content (AvgIpc) is 3.89. The molecule has 0 aromatic carbocycles. The first-order valence-electron chi connectivity index (χ1n) is 20.5. The maximum absolute atomic E-state index is 14.3. The SMILES string of the molecule is CNCC1=C[C@@H]2C[C@]3(O)[C@]4(O)[C@@H](O)[C@H]5C[C@@H]([C@@H](C)C6CCCC6)CC[C@H]6[C@@H](O)C7(CCCC7)C[C@](C=O)([C@H]4CC[C@]3(C)[C@H]2C2=CC(=O)O[C@@H]12)[C@]56O. The summed E-state index contributed by atoms with van der Waals surface area (Å²) in [4.78, 5) is 27.1. The van der Waals surface area contributed by atoms with E-state index in [4.69, 9.17) is 4.74 Å². The average molecular weight is 708 g/mol. The summed E-state index contributed by atoms with van der Waals surface area (Å²) >= 11 is 0. The van der Waals surface area contributed by atoms with Gasteiger partial charge in [-0.3, -0.25) is 0 Å². The molecule has 1 heterocycles. The topological polar surface area (TPSA) is 157 Å². The molecule has 6 N–H and O–H groups in total. The number of rotatable bonds is 5. The lowest BCUT2D eigenvalue weighted by Crippen LogP contribution is -2.86. The Morgan fingerprint density at radius 3 is 2.35 bits per heavy atom. The molecular formula is C42H61NO8. The molecule has 0 amide bonds. The zero-order chi connectivity index (χ0) is 35.9. The van der Waals surface area contributed by atoms with Crippen LogP contribution in [-0.2, 0) is 14.3 Å². The molecule has 1 aliphatic heterocycles. The lowest BCUT2D eigenvalue weighted by atomic mass is 9.33. The van der Waals surface area contributed by atoms with Crippen molar-refractivity contribution in [3.63, 3.8) is 0 Å². The van der Waals surface area contributed by atoms with Crippen LogP contribution in [0.15, 0.2) is 23.3 Å². The van der Waals surface area contributed by atoms with Crippen molar-refractivity contribution < 1.29 is 39.9 Å². The molecule has 51 heavy (non-hydrogen) atoms. The summed E-state index contributed by atoms with van der Waals surface area (Å²) in [6, 6.07) is 0. The second-order valence-corrected chi connectivity index (χ2v) is 19.6. The number of nitrogens with one attached hydrogen (secondary N) is 1. The number of carbonyl (C=O) groups is 2. The number of hydrogen-bond acceptors (Lipinski definition) is 9. The van der Waals surface area contributed by atoms with Crippen LogP contribution in [-0.4, -0.2) is 86.5 Å². The minimum atomic E-state index is -2.11. The predicted molar refractivity (Wildman–Crippen MR) is 189 cm³/mol. The maximum atomic E-state index is 14.3. The highest BCUT2D eigenvalue weighted by Gasteiger charge is 2.85. The predicted octanol–water partition coefficient (Wildman–Crippen LogP) is 3.99. The summed E-state index contributed by atoms with van der Waals surface area (Å²) in [6.45, 7) is 4.83. The van der Waals surface area contributed by atoms with E-state index >= 15 is 0 Å². The molecule has 9 rings (SSSR count). The van der Waals surface area contributed by atoms with Crippen molar-refractivity contribution in [2.45, 2.75) is 145 Å². The van der Waals surface area contributed by atoms with E-state index in [9.17, 15) is 35.1 Å². The third-order valence-electron chi connectivity index (χ3n) is 18.1. The largest absolute Gasteiger partial charge is 0.450 e. The molecule has 0 bridgehead atoms. The number of fused-ring (bicyclic) bond motifs is 8. The van der Waals surface area contributed by atoms with Gasteiger partial charge in [-0.1, -0.05) is 58.4 Å². The Bertz CT molecular complexity index is 1530. The molecule has 1 spiro atoms. The molecular weight excluding hydrogens is 646 g/mol. The van der Waals surface area contributed by atoms with Crippen molar-refractivity contribution in [1.82, 2.24) is 5.32 Å². The monoisotopic (exact) mass is 707 g/mol. The number of aliphatic hydroxyl groups excluding tert-OH is 2. The highest BCUT2D eigenvalue weighted by molar-refractivity contribution is 5.87. The van der Waals surface area contributed by atoms with E-state index < -0.39 is 75.1 Å². The minimum Gasteiger partial charge on any atom is -0.450 e. The van der Waals surface area contributed by atoms with Gasteiger partial charge in [0.25, 0.3) is 0 Å². The van der Waals surface area contributed by atoms with Crippen molar-refractivity contribution in [3.8, 4) is 0 Å². The van der Waals surface area contributed by atoms with Gasteiger partial charge in [0, 0.05) is 35.8 Å². The quantitative estimate of drug-likeness (QED) is 0.141. The molecule has 9 aliphatic rings. The fourth-order valence-electron chi connectivity index (χ4n) is 16.0. The van der Waals surface area contributed by atoms with Crippen LogP contribution in [0.5, 0.6) is 0 Å². The molecule has 0 unspecified atom stereocenters. The Morgan fingerprint density at radius 2 is 1.67 bits per heavy atom. The number of carbonyl (C=O) groups excluding carboxylic acids is 2. The molecule has 0 radical (unpaired) electrons. The zero-order valence-electron chi connectivity index (χ0n) is 30.9. The van der Waals surface area contributed by atoms with Gasteiger partial charge in [-0.05, 0) is 111 Å². The van der Waals surface area contributed by atoms with Crippen LogP contribution < -0.4 is 5.32 Å². The number of allylic oxidation sites excluding steroid dienone is 1. The Labute approximate surface area is 302 Å². The van der Waals surface area contributed by atoms with E-state index in [1.807, 2.05) is 14.0 Å². The van der Waals surface area contributed by atoms with Crippen LogP contribution in [0.1, 0.15) is 110 Å². The number of aliphatic hydroxyl groups is 5. The third-order valence-corrected chi connectivity index (χ3v) is 18.1. The maximum Gasteiger partial charge on any atom is 0.331 e. The van der Waals surface area contributed by atoms with Crippen LogP contribution in [0, 0.1) is 63.6 Å². The molecule has 7 saturated carbocycles. The molecule has 15 atom stereocenters. The van der Waals surface area contributed by atoms with Gasteiger partial charge < -0.3 is 40.4 Å². The van der Waals surface area contributed by atoms with Crippen molar-refractivity contribution in [3.05, 3.63) is 23.3 Å². The van der Waals surface area contributed by atoms with Crippen molar-refractivity contribution in [2.24, 2.45) is 63.6 Å². The fourth-order valence-corrected chi connectivity index (χ4v) is 16.0. The summed E-state index contributed by atoms with van der Waals surface area (Å²) in [6.07, 6.45) is 13.0. The van der Waals surface area contributed by atoms with Gasteiger partial charge in [0.1, 0.15) is 23.6 Å². The van der Waals surface area contributed by atoms with E-state index in [1.165, 1.54) is 25.7 Å². The highest BCUT2D eigenvalue weighted by atomic mass is 16.5. The van der Waals surface area contributed by atoms with E-state index in [-0.39, 0.29) is 30.6 Å². The molecule has 9 nitrogen and oxygen atoms in total. The Morgan fingerprint density at radius 1 is 0.941 bits per heavy atom. The lowest BCUT2D eigenvalue weighted by Gasteiger charge is -2.74. The van der Waals surface area contributed by atoms with Gasteiger partial charge >= 0.3 is 5.97 Å². The fraction of sp³-hybridized carbons (Fsp3) is 0.857. The molecule has 0 saturated heterocycles. The molecule has 8 aliphatic carbocycles. The smallest absolute Gasteiger partial charge is 0.331 e. The van der Waals surface area contributed by atoms with Crippen LogP contribution in [0.4, 0.5) is 0 Å². The van der Waals surface area contributed by atoms with E-state index in [1.54, 1.807) is 6.08 Å². The van der Waals surface area contributed by atoms with E-state index in [0.29, 0.717) is 44.1 Å². The second kappa shape index (κ2) is 11.5. The lowest BCUT2D eigenvalue weighted by molar-refractivity contribution is -0.382. The van der Waals surface area contributed by atoms with Crippen molar-refractivity contribution in [1.29, 1.82) is 0 Å². The van der Waals surface area contributed by atoms with Gasteiger partial charge in [-0.25, -0.2) is 4.79 Å². The highest BCUT2D eigenvalue weighted by Crippen LogP contribution is 2.78. The normalized spacial score (nSPS) is 53.2. The standard InChI is InChI=1S/C42H61NO8/c1-23(24-8-4-5-9-24)25-10-11-29-35(46)38(13-6-7-14-38)21-39(22-44)31-12-15-37(2)33-26(16-27(20-43-3)34-28(33)18-32(45)51-34)19-40(37,48)42(31,50)36(47)30(17-25)41(29,39)49/h16,18,22-26,29-31,33-36,43,46-50H,4-15,17,19-21H2,1-3H3/t23-,25-,26+,29-,30+,31+,33+,34-,35+,36-,37+,39-,40+,41+,42+/m0/s1. The van der Waals surface area contributed by atoms with Crippen LogP contribution >= 0.6 is 0 Å². The first kappa shape index (κ1) is 35.1. The van der Waals surface area contributed by atoms with Crippen molar-refractivity contribution in [2.75, 3.05) is 13.6 Å². The first-order valence-corrected chi connectivity index (χ1v) is 20.5. The summed E-state index contributed by atoms with van der Waals surface area (Å²) in [5.41, 5.74) is -6.85. The van der Waals surface area contributed by atoms with E-state index in [2.05, 4.69) is 18.3 Å². The van der Waals surface area contributed by atoms with Crippen molar-refractivity contribution >= 4 is 12.3 Å². The van der Waals surface area contributed by atoms with Gasteiger partial charge in [-0.15, -0.1) is 0 Å². The zero-order valence-corrected chi connectivity index (χ0v) is 30.9. The number of likely N-dealkylation sites (N-methyl/N-ethyl adjacent to an activating group) is 1. The summed E-state index contributed by atoms with van der Waals surface area (Å²) < 4.78 is 5.84. The summed E-state index contributed by atoms with van der Waals surface area (Å²) in [5.74, 6) is -2.27.